The summed E-state index contributed by atoms with van der Waals surface area (Å²) >= 11 is 12.1. The first-order valence-corrected chi connectivity index (χ1v) is 9.57. The molecule has 1 aliphatic rings. The van der Waals surface area contributed by atoms with Crippen LogP contribution in [0.4, 0.5) is 15.8 Å². The molecule has 1 unspecified atom stereocenters. The number of carbonyl (C=O) groups is 2. The van der Waals surface area contributed by atoms with Gasteiger partial charge in [0.1, 0.15) is 5.82 Å². The van der Waals surface area contributed by atoms with Crippen molar-refractivity contribution in [2.24, 2.45) is 0 Å². The molecule has 1 fully saturated rings. The van der Waals surface area contributed by atoms with E-state index in [0.717, 1.165) is 0 Å². The van der Waals surface area contributed by atoms with Crippen LogP contribution in [-0.2, 0) is 15.1 Å². The van der Waals surface area contributed by atoms with Crippen molar-refractivity contribution in [2.45, 2.75) is 12.0 Å². The summed E-state index contributed by atoms with van der Waals surface area (Å²) in [7, 11) is 0. The fourth-order valence-corrected chi connectivity index (χ4v) is 3.92. The molecule has 146 valence electrons. The molecular formula is C22H15Cl2FN2O2. The van der Waals surface area contributed by atoms with E-state index in [1.165, 1.54) is 29.2 Å². The first-order valence-electron chi connectivity index (χ1n) is 8.82. The van der Waals surface area contributed by atoms with Crippen LogP contribution >= 0.6 is 23.2 Å². The lowest BCUT2D eigenvalue weighted by molar-refractivity contribution is -0.137. The minimum atomic E-state index is -1.34. The third kappa shape index (κ3) is 3.48. The maximum atomic E-state index is 13.5. The van der Waals surface area contributed by atoms with E-state index < -0.39 is 17.3 Å². The van der Waals surface area contributed by atoms with E-state index in [2.05, 4.69) is 5.32 Å². The highest BCUT2D eigenvalue weighted by Crippen LogP contribution is 2.46. The van der Waals surface area contributed by atoms with Gasteiger partial charge in [-0.1, -0.05) is 47.5 Å². The molecule has 0 radical (unpaired) electrons. The Hall–Kier alpha value is -2.89. The van der Waals surface area contributed by atoms with E-state index >= 15 is 0 Å². The minimum absolute atomic E-state index is 0.0580. The van der Waals surface area contributed by atoms with E-state index in [1.807, 2.05) is 0 Å². The summed E-state index contributed by atoms with van der Waals surface area (Å²) in [4.78, 5) is 27.5. The van der Waals surface area contributed by atoms with Gasteiger partial charge in [0.2, 0.25) is 5.91 Å². The highest BCUT2D eigenvalue weighted by Gasteiger charge is 2.58. The van der Waals surface area contributed by atoms with Gasteiger partial charge in [-0.3, -0.25) is 14.5 Å². The molecule has 0 spiro atoms. The van der Waals surface area contributed by atoms with E-state index in [9.17, 15) is 14.0 Å². The Morgan fingerprint density at radius 3 is 2.24 bits per heavy atom. The average Bonchev–Trinajstić information content (AvgIpc) is 2.66. The fourth-order valence-electron chi connectivity index (χ4n) is 3.55. The monoisotopic (exact) mass is 428 g/mol. The predicted molar refractivity (Wildman–Crippen MR) is 112 cm³/mol. The molecule has 1 aliphatic heterocycles. The number of carbonyl (C=O) groups excluding carboxylic acids is 2. The van der Waals surface area contributed by atoms with Crippen LogP contribution in [0.3, 0.4) is 0 Å². The molecule has 4 rings (SSSR count). The number of nitrogens with zero attached hydrogens (tertiary/aromatic N) is 1. The first kappa shape index (κ1) is 19.4. The summed E-state index contributed by atoms with van der Waals surface area (Å²) in [6.07, 6.45) is -0.0580. The third-order valence-electron chi connectivity index (χ3n) is 4.88. The predicted octanol–water partition coefficient (Wildman–Crippen LogP) is 5.40. The first-order chi connectivity index (χ1) is 13.9. The summed E-state index contributed by atoms with van der Waals surface area (Å²) in [5, 5.41) is 3.73. The van der Waals surface area contributed by atoms with Gasteiger partial charge in [0, 0.05) is 21.4 Å². The largest absolute Gasteiger partial charge is 0.324 e. The molecule has 1 N–H and O–H groups in total. The number of hydrogen-bond acceptors (Lipinski definition) is 2. The van der Waals surface area contributed by atoms with Gasteiger partial charge in [-0.2, -0.15) is 0 Å². The van der Waals surface area contributed by atoms with E-state index in [4.69, 9.17) is 23.2 Å². The van der Waals surface area contributed by atoms with Gasteiger partial charge in [0.15, 0.2) is 5.54 Å². The zero-order valence-corrected chi connectivity index (χ0v) is 16.5. The number of amides is 2. The molecular weight excluding hydrogens is 414 g/mol. The van der Waals surface area contributed by atoms with E-state index in [0.29, 0.717) is 27.0 Å². The SMILES string of the molecule is O=C1CC(C(=O)Nc2cccc(Cl)c2)(c2ccc(F)cc2)N1c1cccc(Cl)c1. The smallest absolute Gasteiger partial charge is 0.255 e. The Labute approximate surface area is 176 Å². The zero-order valence-electron chi connectivity index (χ0n) is 15.0. The van der Waals surface area contributed by atoms with Crippen LogP contribution in [0.1, 0.15) is 12.0 Å². The van der Waals surface area contributed by atoms with Crippen molar-refractivity contribution in [1.82, 2.24) is 0 Å². The van der Waals surface area contributed by atoms with Gasteiger partial charge in [0.05, 0.1) is 6.42 Å². The Kier molecular flexibility index (Phi) is 5.03. The van der Waals surface area contributed by atoms with Crippen molar-refractivity contribution in [3.63, 3.8) is 0 Å². The van der Waals surface area contributed by atoms with Crippen LogP contribution in [0.15, 0.2) is 72.8 Å². The number of hydrogen-bond donors (Lipinski definition) is 1. The number of anilines is 2. The second-order valence-corrected chi connectivity index (χ2v) is 7.59. The normalized spacial score (nSPS) is 18.3. The van der Waals surface area contributed by atoms with Crippen LogP contribution in [0.25, 0.3) is 0 Å². The van der Waals surface area contributed by atoms with Crippen molar-refractivity contribution < 1.29 is 14.0 Å². The van der Waals surface area contributed by atoms with Crippen molar-refractivity contribution in [3.8, 4) is 0 Å². The Balaban J connectivity index is 1.80. The van der Waals surface area contributed by atoms with Crippen molar-refractivity contribution in [3.05, 3.63) is 94.2 Å². The van der Waals surface area contributed by atoms with Crippen LogP contribution < -0.4 is 10.2 Å². The summed E-state index contributed by atoms with van der Waals surface area (Å²) in [5.41, 5.74) is 0.143. The topological polar surface area (TPSA) is 49.4 Å². The third-order valence-corrected chi connectivity index (χ3v) is 5.35. The second-order valence-electron chi connectivity index (χ2n) is 6.72. The van der Waals surface area contributed by atoms with Gasteiger partial charge in [-0.25, -0.2) is 4.39 Å². The standard InChI is InChI=1S/C22H15Cl2FN2O2/c23-15-3-1-5-18(11-15)26-21(29)22(14-7-9-17(25)10-8-14)13-20(28)27(22)19-6-2-4-16(24)12-19/h1-12H,13H2,(H,26,29). The molecule has 4 nitrogen and oxygen atoms in total. The molecule has 3 aromatic rings. The van der Waals surface area contributed by atoms with Gasteiger partial charge in [0.25, 0.3) is 5.91 Å². The maximum absolute atomic E-state index is 13.5. The fraction of sp³-hybridized carbons (Fsp3) is 0.0909. The van der Waals surface area contributed by atoms with Crippen LogP contribution in [-0.4, -0.2) is 11.8 Å². The van der Waals surface area contributed by atoms with Gasteiger partial charge >= 0.3 is 0 Å². The molecule has 1 saturated heterocycles. The molecule has 1 heterocycles. The lowest BCUT2D eigenvalue weighted by Gasteiger charge is -2.50. The summed E-state index contributed by atoms with van der Waals surface area (Å²) in [5.74, 6) is -1.09. The Bertz CT molecular complexity index is 1100. The van der Waals surface area contributed by atoms with Gasteiger partial charge in [-0.05, 0) is 54.1 Å². The molecule has 0 saturated carbocycles. The molecule has 0 aromatic heterocycles. The highest BCUT2D eigenvalue weighted by atomic mass is 35.5. The van der Waals surface area contributed by atoms with Crippen LogP contribution in [0.5, 0.6) is 0 Å². The molecule has 0 aliphatic carbocycles. The molecule has 2 amide bonds. The molecule has 0 bridgehead atoms. The van der Waals surface area contributed by atoms with Crippen molar-refractivity contribution in [2.75, 3.05) is 10.2 Å². The van der Waals surface area contributed by atoms with Crippen molar-refractivity contribution in [1.29, 1.82) is 0 Å². The average molecular weight is 429 g/mol. The quantitative estimate of drug-likeness (QED) is 0.565. The zero-order chi connectivity index (χ0) is 20.6. The van der Waals surface area contributed by atoms with Crippen LogP contribution in [0, 0.1) is 5.82 Å². The lowest BCUT2D eigenvalue weighted by atomic mass is 9.76. The summed E-state index contributed by atoms with van der Waals surface area (Å²) in [6.45, 7) is 0. The van der Waals surface area contributed by atoms with E-state index in [-0.39, 0.29) is 12.3 Å². The second kappa shape index (κ2) is 7.50. The molecule has 1 atom stereocenters. The molecule has 7 heteroatoms. The number of halogens is 3. The lowest BCUT2D eigenvalue weighted by Crippen LogP contribution is -2.67. The van der Waals surface area contributed by atoms with E-state index in [1.54, 1.807) is 48.5 Å². The van der Waals surface area contributed by atoms with Gasteiger partial charge < -0.3 is 5.32 Å². The van der Waals surface area contributed by atoms with Gasteiger partial charge in [-0.15, -0.1) is 0 Å². The Morgan fingerprint density at radius 1 is 0.966 bits per heavy atom. The summed E-state index contributed by atoms with van der Waals surface area (Å²) < 4.78 is 13.5. The summed E-state index contributed by atoms with van der Waals surface area (Å²) in [6, 6.07) is 19.0. The number of benzene rings is 3. The number of β-lactam (4-membered cyclic amide) rings is 1. The Morgan fingerprint density at radius 2 is 1.62 bits per heavy atom. The maximum Gasteiger partial charge on any atom is 0.255 e. The molecule has 3 aromatic carbocycles. The number of nitrogens with one attached hydrogen (secondary N) is 1. The minimum Gasteiger partial charge on any atom is -0.324 e. The van der Waals surface area contributed by atoms with Crippen LogP contribution in [0.2, 0.25) is 10.0 Å². The van der Waals surface area contributed by atoms with Crippen molar-refractivity contribution >= 4 is 46.4 Å². The molecule has 29 heavy (non-hydrogen) atoms. The number of rotatable bonds is 4. The highest BCUT2D eigenvalue weighted by molar-refractivity contribution is 6.31.